The monoisotopic (exact) mass is 393 g/mol. The Morgan fingerprint density at radius 3 is 2.60 bits per heavy atom. The number of aliphatic hydroxyl groups is 1. The third-order valence-electron chi connectivity index (χ3n) is 3.53. The molecule has 0 aromatic carbocycles. The summed E-state index contributed by atoms with van der Waals surface area (Å²) in [5.41, 5.74) is 4.90. The van der Waals surface area contributed by atoms with Gasteiger partial charge in [-0.05, 0) is 31.9 Å². The Kier molecular flexibility index (Phi) is 6.81. The molecule has 114 valence electrons. The number of hydrogen-bond acceptors (Lipinski definition) is 3. The van der Waals surface area contributed by atoms with E-state index >= 15 is 0 Å². The standard InChI is InChI=1S/C14H23N3O2.HI/c1-14(18,12-7-6-10-19-12)11-16-13(15)17-8-4-2-3-5-9-17;/h6-7,10,18H,2-5,8-9,11H2,1H3,(H2,15,16);1H. The molecule has 1 atom stereocenters. The molecule has 0 radical (unpaired) electrons. The van der Waals surface area contributed by atoms with Crippen molar-refractivity contribution in [3.8, 4) is 0 Å². The van der Waals surface area contributed by atoms with Crippen LogP contribution in [0.25, 0.3) is 0 Å². The predicted molar refractivity (Wildman–Crippen MR) is 90.2 cm³/mol. The zero-order chi connectivity index (χ0) is 13.7. The summed E-state index contributed by atoms with van der Waals surface area (Å²) in [5, 5.41) is 10.3. The highest BCUT2D eigenvalue weighted by molar-refractivity contribution is 14.0. The van der Waals surface area contributed by atoms with Crippen LogP contribution in [0.1, 0.15) is 38.4 Å². The number of guanidine groups is 1. The first-order chi connectivity index (χ1) is 9.09. The van der Waals surface area contributed by atoms with Gasteiger partial charge in [0, 0.05) is 13.1 Å². The molecular formula is C14H24IN3O2. The third kappa shape index (κ3) is 4.66. The zero-order valence-electron chi connectivity index (χ0n) is 11.9. The Bertz CT molecular complexity index is 410. The van der Waals surface area contributed by atoms with Crippen LogP contribution in [-0.4, -0.2) is 35.6 Å². The molecule has 0 bridgehead atoms. The van der Waals surface area contributed by atoms with Gasteiger partial charge < -0.3 is 20.2 Å². The normalized spacial score (nSPS) is 19.9. The van der Waals surface area contributed by atoms with E-state index in [9.17, 15) is 5.11 Å². The first-order valence-electron chi connectivity index (χ1n) is 6.91. The quantitative estimate of drug-likeness (QED) is 0.470. The molecule has 20 heavy (non-hydrogen) atoms. The van der Waals surface area contributed by atoms with Crippen molar-refractivity contribution in [3.63, 3.8) is 0 Å². The van der Waals surface area contributed by atoms with E-state index in [4.69, 9.17) is 10.2 Å². The van der Waals surface area contributed by atoms with E-state index in [2.05, 4.69) is 9.89 Å². The minimum absolute atomic E-state index is 0. The van der Waals surface area contributed by atoms with Crippen LogP contribution in [0.2, 0.25) is 0 Å². The summed E-state index contributed by atoms with van der Waals surface area (Å²) < 4.78 is 5.22. The largest absolute Gasteiger partial charge is 0.466 e. The van der Waals surface area contributed by atoms with Gasteiger partial charge in [-0.3, -0.25) is 0 Å². The number of halogens is 1. The van der Waals surface area contributed by atoms with E-state index in [1.807, 2.05) is 0 Å². The van der Waals surface area contributed by atoms with Crippen molar-refractivity contribution < 1.29 is 9.52 Å². The first-order valence-corrected chi connectivity index (χ1v) is 6.91. The average molecular weight is 393 g/mol. The molecule has 2 heterocycles. The topological polar surface area (TPSA) is 75.0 Å². The van der Waals surface area contributed by atoms with Crippen molar-refractivity contribution in [1.29, 1.82) is 0 Å². The number of aliphatic imine (C=N–C) groups is 1. The maximum Gasteiger partial charge on any atom is 0.191 e. The van der Waals surface area contributed by atoms with Gasteiger partial charge in [0.15, 0.2) is 5.96 Å². The van der Waals surface area contributed by atoms with Crippen molar-refractivity contribution in [1.82, 2.24) is 4.90 Å². The third-order valence-corrected chi connectivity index (χ3v) is 3.53. The molecule has 6 heteroatoms. The van der Waals surface area contributed by atoms with E-state index in [0.29, 0.717) is 11.7 Å². The lowest BCUT2D eigenvalue weighted by Gasteiger charge is -2.23. The molecule has 1 aromatic heterocycles. The Morgan fingerprint density at radius 1 is 1.40 bits per heavy atom. The maximum atomic E-state index is 10.3. The van der Waals surface area contributed by atoms with Crippen molar-refractivity contribution in [2.45, 2.75) is 38.2 Å². The molecule has 2 rings (SSSR count). The lowest BCUT2D eigenvalue weighted by Crippen LogP contribution is -2.39. The molecular weight excluding hydrogens is 369 g/mol. The number of furan rings is 1. The molecule has 1 aromatic rings. The van der Waals surface area contributed by atoms with Gasteiger partial charge in [0.25, 0.3) is 0 Å². The van der Waals surface area contributed by atoms with Crippen LogP contribution in [0.5, 0.6) is 0 Å². The zero-order valence-corrected chi connectivity index (χ0v) is 14.2. The summed E-state index contributed by atoms with van der Waals surface area (Å²) in [6.45, 7) is 3.81. The number of nitrogens with zero attached hydrogens (tertiary/aromatic N) is 2. The van der Waals surface area contributed by atoms with Gasteiger partial charge in [0.05, 0.1) is 12.8 Å². The minimum Gasteiger partial charge on any atom is -0.466 e. The molecule has 1 fully saturated rings. The summed E-state index contributed by atoms with van der Waals surface area (Å²) in [4.78, 5) is 6.43. The number of rotatable bonds is 3. The van der Waals surface area contributed by atoms with Crippen molar-refractivity contribution in [2.24, 2.45) is 10.7 Å². The second kappa shape index (κ2) is 7.87. The van der Waals surface area contributed by atoms with Gasteiger partial charge in [-0.25, -0.2) is 4.99 Å². The SMILES string of the molecule is CC(O)(CN=C(N)N1CCCCCC1)c1ccco1.I. The average Bonchev–Trinajstić information content (AvgIpc) is 2.80. The summed E-state index contributed by atoms with van der Waals surface area (Å²) in [6, 6.07) is 3.50. The summed E-state index contributed by atoms with van der Waals surface area (Å²) >= 11 is 0. The Balaban J connectivity index is 0.00000200. The molecule has 0 amide bonds. The maximum absolute atomic E-state index is 10.3. The van der Waals surface area contributed by atoms with Gasteiger partial charge in [0.1, 0.15) is 11.4 Å². The number of likely N-dealkylation sites (tertiary alicyclic amines) is 1. The van der Waals surface area contributed by atoms with E-state index in [1.165, 1.54) is 12.8 Å². The summed E-state index contributed by atoms with van der Waals surface area (Å²) in [7, 11) is 0. The molecule has 0 aliphatic carbocycles. The second-order valence-electron chi connectivity index (χ2n) is 5.33. The molecule has 3 N–H and O–H groups in total. The van der Waals surface area contributed by atoms with Gasteiger partial charge >= 0.3 is 0 Å². The van der Waals surface area contributed by atoms with Gasteiger partial charge in [-0.15, -0.1) is 24.0 Å². The van der Waals surface area contributed by atoms with Gasteiger partial charge in [0.2, 0.25) is 0 Å². The molecule has 1 saturated heterocycles. The molecule has 0 spiro atoms. The molecule has 1 aliphatic rings. The van der Waals surface area contributed by atoms with Crippen LogP contribution < -0.4 is 5.73 Å². The summed E-state index contributed by atoms with van der Waals surface area (Å²) in [5.74, 6) is 1.04. The molecule has 1 aliphatic heterocycles. The van der Waals surface area contributed by atoms with Gasteiger partial charge in [-0.2, -0.15) is 0 Å². The molecule has 0 saturated carbocycles. The lowest BCUT2D eigenvalue weighted by atomic mass is 10.0. The van der Waals surface area contributed by atoms with Crippen LogP contribution in [0.4, 0.5) is 0 Å². The number of nitrogens with two attached hydrogens (primary N) is 1. The Labute approximate surface area is 137 Å². The van der Waals surface area contributed by atoms with Crippen molar-refractivity contribution in [2.75, 3.05) is 19.6 Å². The fourth-order valence-corrected chi connectivity index (χ4v) is 2.30. The Hall–Kier alpha value is -0.760. The summed E-state index contributed by atoms with van der Waals surface area (Å²) in [6.07, 6.45) is 6.38. The van der Waals surface area contributed by atoms with Crippen LogP contribution in [-0.2, 0) is 5.60 Å². The van der Waals surface area contributed by atoms with E-state index in [-0.39, 0.29) is 30.5 Å². The van der Waals surface area contributed by atoms with Crippen molar-refractivity contribution >= 4 is 29.9 Å². The highest BCUT2D eigenvalue weighted by Crippen LogP contribution is 2.21. The highest BCUT2D eigenvalue weighted by Gasteiger charge is 2.26. The van der Waals surface area contributed by atoms with Crippen LogP contribution in [0.3, 0.4) is 0 Å². The van der Waals surface area contributed by atoms with E-state index in [0.717, 1.165) is 25.9 Å². The van der Waals surface area contributed by atoms with E-state index < -0.39 is 5.60 Å². The first kappa shape index (κ1) is 17.3. The van der Waals surface area contributed by atoms with Crippen LogP contribution >= 0.6 is 24.0 Å². The van der Waals surface area contributed by atoms with E-state index in [1.54, 1.807) is 25.3 Å². The van der Waals surface area contributed by atoms with Crippen molar-refractivity contribution in [3.05, 3.63) is 24.2 Å². The smallest absolute Gasteiger partial charge is 0.191 e. The molecule has 1 unspecified atom stereocenters. The molecule has 5 nitrogen and oxygen atoms in total. The fraction of sp³-hybridized carbons (Fsp3) is 0.643. The lowest BCUT2D eigenvalue weighted by molar-refractivity contribution is 0.0435. The Morgan fingerprint density at radius 2 is 2.05 bits per heavy atom. The minimum atomic E-state index is -1.11. The second-order valence-corrected chi connectivity index (χ2v) is 5.33. The fourth-order valence-electron chi connectivity index (χ4n) is 2.30. The number of hydrogen-bond donors (Lipinski definition) is 2. The van der Waals surface area contributed by atoms with Gasteiger partial charge in [-0.1, -0.05) is 12.8 Å². The van der Waals surface area contributed by atoms with Crippen LogP contribution in [0.15, 0.2) is 27.8 Å². The highest BCUT2D eigenvalue weighted by atomic mass is 127. The predicted octanol–water partition coefficient (Wildman–Crippen LogP) is 2.30. The van der Waals surface area contributed by atoms with Crippen LogP contribution in [0, 0.1) is 0 Å².